The molecule has 0 bridgehead atoms. The number of ketones is 1. The Morgan fingerprint density at radius 2 is 1.70 bits per heavy atom. The topological polar surface area (TPSA) is 91.8 Å². The summed E-state index contributed by atoms with van der Waals surface area (Å²) >= 11 is 0. The fourth-order valence-electron chi connectivity index (χ4n) is 2.65. The van der Waals surface area contributed by atoms with Gasteiger partial charge in [0.05, 0.1) is 36.3 Å². The smallest absolute Gasteiger partial charge is 0.281 e. The number of ether oxygens (including phenoxy) is 2. The van der Waals surface area contributed by atoms with Crippen molar-refractivity contribution in [2.75, 3.05) is 14.2 Å². The number of benzene rings is 1. The number of Topliss-reactive ketones (excluding diaryl/α,β-unsaturated/α-hetero) is 1. The first-order valence-electron chi connectivity index (χ1n) is 6.83. The lowest BCUT2D eigenvalue weighted by molar-refractivity contribution is -0.384. The fraction of sp³-hybridized carbons (Fsp3) is 0.312. The van der Waals surface area contributed by atoms with Crippen LogP contribution in [0.15, 0.2) is 16.5 Å². The van der Waals surface area contributed by atoms with Gasteiger partial charge in [-0.05, 0) is 26.8 Å². The minimum Gasteiger partial charge on any atom is -0.493 e. The van der Waals surface area contributed by atoms with E-state index in [2.05, 4.69) is 0 Å². The van der Waals surface area contributed by atoms with Gasteiger partial charge in [0.25, 0.3) is 5.69 Å². The third-order valence-corrected chi connectivity index (χ3v) is 3.58. The summed E-state index contributed by atoms with van der Waals surface area (Å²) in [6.07, 6.45) is 0. The number of furan rings is 1. The van der Waals surface area contributed by atoms with Gasteiger partial charge in [0.15, 0.2) is 17.3 Å². The Balaban J connectivity index is 2.88. The number of carbonyl (C=O) groups is 1. The van der Waals surface area contributed by atoms with E-state index in [4.69, 9.17) is 13.9 Å². The Morgan fingerprint density at radius 1 is 1.13 bits per heavy atom. The lowest BCUT2D eigenvalue weighted by Crippen LogP contribution is -2.00. The Kier molecular flexibility index (Phi) is 4.40. The fourth-order valence-corrected chi connectivity index (χ4v) is 2.65. The molecule has 1 aromatic heterocycles. The van der Waals surface area contributed by atoms with Gasteiger partial charge >= 0.3 is 0 Å². The van der Waals surface area contributed by atoms with Crippen molar-refractivity contribution in [1.29, 1.82) is 0 Å². The normalized spacial score (nSPS) is 10.5. The second kappa shape index (κ2) is 6.12. The molecule has 2 aromatic rings. The lowest BCUT2D eigenvalue weighted by atomic mass is 9.96. The third-order valence-electron chi connectivity index (χ3n) is 3.58. The summed E-state index contributed by atoms with van der Waals surface area (Å²) in [6, 6.07) is 2.76. The summed E-state index contributed by atoms with van der Waals surface area (Å²) in [4.78, 5) is 22.9. The molecule has 0 aliphatic rings. The maximum Gasteiger partial charge on any atom is 0.281 e. The number of carbonyl (C=O) groups excluding carboxylic acids is 1. The molecule has 0 atom stereocenters. The van der Waals surface area contributed by atoms with Crippen molar-refractivity contribution in [1.82, 2.24) is 0 Å². The Labute approximate surface area is 133 Å². The molecule has 0 spiro atoms. The molecule has 0 N–H and O–H groups in total. The van der Waals surface area contributed by atoms with Crippen molar-refractivity contribution in [3.05, 3.63) is 39.3 Å². The molecule has 0 saturated carbocycles. The van der Waals surface area contributed by atoms with Crippen LogP contribution >= 0.6 is 0 Å². The van der Waals surface area contributed by atoms with Gasteiger partial charge in [-0.25, -0.2) is 0 Å². The van der Waals surface area contributed by atoms with Crippen LogP contribution in [-0.4, -0.2) is 24.9 Å². The maximum absolute atomic E-state index is 11.9. The van der Waals surface area contributed by atoms with E-state index in [1.54, 1.807) is 13.8 Å². The Morgan fingerprint density at radius 3 is 2.17 bits per heavy atom. The summed E-state index contributed by atoms with van der Waals surface area (Å²) in [6.45, 7) is 4.71. The first kappa shape index (κ1) is 16.5. The van der Waals surface area contributed by atoms with Crippen molar-refractivity contribution in [2.45, 2.75) is 20.8 Å². The standard InChI is InChI=1S/C16H17NO6/c1-8(18)15-9(2)23-10(3)16(15)11-6-13(21-4)14(22-5)7-12(11)17(19)20/h6-7H,1-5H3. The molecule has 1 aromatic carbocycles. The molecule has 0 aliphatic carbocycles. The van der Waals surface area contributed by atoms with Gasteiger partial charge in [-0.15, -0.1) is 0 Å². The molecule has 0 fully saturated rings. The van der Waals surface area contributed by atoms with Gasteiger partial charge in [0.1, 0.15) is 11.5 Å². The minimum atomic E-state index is -0.525. The van der Waals surface area contributed by atoms with Crippen molar-refractivity contribution < 1.29 is 23.6 Å². The van der Waals surface area contributed by atoms with E-state index >= 15 is 0 Å². The molecule has 0 saturated heterocycles. The number of hydrogen-bond acceptors (Lipinski definition) is 6. The zero-order chi connectivity index (χ0) is 17.3. The van der Waals surface area contributed by atoms with Crippen LogP contribution in [0.3, 0.4) is 0 Å². The highest BCUT2D eigenvalue weighted by atomic mass is 16.6. The van der Waals surface area contributed by atoms with Gasteiger partial charge in [-0.2, -0.15) is 0 Å². The van der Waals surface area contributed by atoms with Gasteiger partial charge < -0.3 is 13.9 Å². The molecule has 0 aliphatic heterocycles. The van der Waals surface area contributed by atoms with Crippen LogP contribution in [-0.2, 0) is 0 Å². The molecule has 23 heavy (non-hydrogen) atoms. The van der Waals surface area contributed by atoms with E-state index in [0.29, 0.717) is 28.4 Å². The van der Waals surface area contributed by atoms with Crippen LogP contribution in [0.25, 0.3) is 11.1 Å². The molecule has 0 amide bonds. The van der Waals surface area contributed by atoms with Gasteiger partial charge in [-0.1, -0.05) is 0 Å². The molecule has 122 valence electrons. The highest BCUT2D eigenvalue weighted by Gasteiger charge is 2.28. The van der Waals surface area contributed by atoms with E-state index in [-0.39, 0.29) is 22.8 Å². The number of nitrogens with zero attached hydrogens (tertiary/aromatic N) is 1. The predicted octanol–water partition coefficient (Wildman–Crippen LogP) is 3.69. The van der Waals surface area contributed by atoms with Crippen LogP contribution in [0.1, 0.15) is 28.8 Å². The molecule has 0 radical (unpaired) electrons. The van der Waals surface area contributed by atoms with Gasteiger partial charge in [0, 0.05) is 5.56 Å². The van der Waals surface area contributed by atoms with Crippen LogP contribution < -0.4 is 9.47 Å². The predicted molar refractivity (Wildman–Crippen MR) is 83.4 cm³/mol. The highest BCUT2D eigenvalue weighted by molar-refractivity contribution is 6.03. The number of rotatable bonds is 5. The number of nitro benzene ring substituents is 1. The zero-order valence-corrected chi connectivity index (χ0v) is 13.6. The SMILES string of the molecule is COc1cc(-c2c(C)oc(C)c2C(C)=O)c([N+](=O)[O-])cc1OC. The highest BCUT2D eigenvalue weighted by Crippen LogP contribution is 2.43. The first-order chi connectivity index (χ1) is 10.8. The van der Waals surface area contributed by atoms with E-state index in [1.165, 1.54) is 33.3 Å². The largest absolute Gasteiger partial charge is 0.493 e. The lowest BCUT2D eigenvalue weighted by Gasteiger charge is -2.11. The van der Waals surface area contributed by atoms with Crippen molar-refractivity contribution >= 4 is 11.5 Å². The monoisotopic (exact) mass is 319 g/mol. The summed E-state index contributed by atoms with van der Waals surface area (Å²) in [5, 5.41) is 11.5. The second-order valence-corrected chi connectivity index (χ2v) is 5.00. The summed E-state index contributed by atoms with van der Waals surface area (Å²) in [7, 11) is 2.84. The average molecular weight is 319 g/mol. The Bertz CT molecular complexity index is 790. The van der Waals surface area contributed by atoms with Gasteiger partial charge in [0.2, 0.25) is 0 Å². The van der Waals surface area contributed by atoms with E-state index in [1.807, 2.05) is 0 Å². The first-order valence-corrected chi connectivity index (χ1v) is 6.83. The Hall–Kier alpha value is -2.83. The molecular formula is C16H17NO6. The van der Waals surface area contributed by atoms with Crippen molar-refractivity contribution in [3.63, 3.8) is 0 Å². The van der Waals surface area contributed by atoms with E-state index in [0.717, 1.165) is 0 Å². The van der Waals surface area contributed by atoms with Gasteiger partial charge in [-0.3, -0.25) is 14.9 Å². The van der Waals surface area contributed by atoms with Crippen molar-refractivity contribution in [3.8, 4) is 22.6 Å². The summed E-state index contributed by atoms with van der Waals surface area (Å²) in [5.41, 5.74) is 0.807. The average Bonchev–Trinajstić information content (AvgIpc) is 2.79. The molecule has 2 rings (SSSR count). The minimum absolute atomic E-state index is 0.186. The molecular weight excluding hydrogens is 302 g/mol. The molecule has 0 unspecified atom stereocenters. The maximum atomic E-state index is 11.9. The summed E-state index contributed by atoms with van der Waals surface area (Å²) < 4.78 is 15.8. The molecule has 1 heterocycles. The zero-order valence-electron chi connectivity index (χ0n) is 13.6. The van der Waals surface area contributed by atoms with Crippen molar-refractivity contribution in [2.24, 2.45) is 0 Å². The summed E-state index contributed by atoms with van der Waals surface area (Å²) in [5.74, 6) is 1.21. The van der Waals surface area contributed by atoms with E-state index < -0.39 is 4.92 Å². The van der Waals surface area contributed by atoms with Crippen LogP contribution in [0, 0.1) is 24.0 Å². The molecule has 7 heteroatoms. The number of hydrogen-bond donors (Lipinski definition) is 0. The van der Waals surface area contributed by atoms with E-state index in [9.17, 15) is 14.9 Å². The van der Waals surface area contributed by atoms with Crippen LogP contribution in [0.4, 0.5) is 5.69 Å². The number of aryl methyl sites for hydroxylation is 2. The van der Waals surface area contributed by atoms with Crippen LogP contribution in [0.2, 0.25) is 0 Å². The third kappa shape index (κ3) is 2.77. The number of nitro groups is 1. The second-order valence-electron chi connectivity index (χ2n) is 5.00. The molecule has 7 nitrogen and oxygen atoms in total. The quantitative estimate of drug-likeness (QED) is 0.474. The number of methoxy groups -OCH3 is 2. The van der Waals surface area contributed by atoms with Crippen LogP contribution in [0.5, 0.6) is 11.5 Å².